The Kier molecular flexibility index (Phi) is 5.60. The highest BCUT2D eigenvalue weighted by Crippen LogP contribution is 2.42. The summed E-state index contributed by atoms with van der Waals surface area (Å²) in [5, 5.41) is 3.23. The zero-order valence-electron chi connectivity index (χ0n) is 16.6. The second kappa shape index (κ2) is 7.95. The molecule has 1 saturated carbocycles. The Balaban J connectivity index is 1.21. The molecule has 27 heavy (non-hydrogen) atoms. The van der Waals surface area contributed by atoms with Crippen LogP contribution in [0.2, 0.25) is 0 Å². The van der Waals surface area contributed by atoms with Gasteiger partial charge in [-0.15, -0.1) is 0 Å². The number of nitrogens with one attached hydrogen (secondary N) is 1. The summed E-state index contributed by atoms with van der Waals surface area (Å²) in [6, 6.07) is 0.276. The number of likely N-dealkylation sites (tertiary alicyclic amines) is 1. The number of carbonyl (C=O) groups is 2. The SMILES string of the molecule is CN1CCN(C(=O)C2CCN(C(=O)NC3CCOC4(CCC4)C3)CC2)CC1. The number of piperazine rings is 1. The minimum Gasteiger partial charge on any atom is -0.375 e. The molecule has 4 rings (SSSR count). The molecule has 3 heterocycles. The van der Waals surface area contributed by atoms with E-state index in [1.165, 1.54) is 6.42 Å². The molecule has 1 N–H and O–H groups in total. The van der Waals surface area contributed by atoms with E-state index in [0.29, 0.717) is 19.0 Å². The van der Waals surface area contributed by atoms with Gasteiger partial charge in [0.25, 0.3) is 0 Å². The van der Waals surface area contributed by atoms with Crippen molar-refractivity contribution in [3.05, 3.63) is 0 Å². The van der Waals surface area contributed by atoms with Gasteiger partial charge in [0.2, 0.25) is 5.91 Å². The lowest BCUT2D eigenvalue weighted by Gasteiger charge is -2.47. The normalized spacial score (nSPS) is 29.4. The zero-order chi connectivity index (χ0) is 18.9. The van der Waals surface area contributed by atoms with Crippen molar-refractivity contribution in [2.45, 2.75) is 56.6 Å². The molecule has 1 unspecified atom stereocenters. The van der Waals surface area contributed by atoms with Crippen molar-refractivity contribution in [2.24, 2.45) is 5.92 Å². The maximum Gasteiger partial charge on any atom is 0.317 e. The summed E-state index contributed by atoms with van der Waals surface area (Å²) in [4.78, 5) is 31.6. The van der Waals surface area contributed by atoms with Crippen molar-refractivity contribution in [3.8, 4) is 0 Å². The van der Waals surface area contributed by atoms with Crippen LogP contribution in [0.25, 0.3) is 0 Å². The summed E-state index contributed by atoms with van der Waals surface area (Å²) in [6.07, 6.45) is 6.96. The summed E-state index contributed by atoms with van der Waals surface area (Å²) in [5.41, 5.74) is 0.0537. The van der Waals surface area contributed by atoms with Gasteiger partial charge in [-0.3, -0.25) is 4.79 Å². The third kappa shape index (κ3) is 4.24. The number of carbonyl (C=O) groups excluding carboxylic acids is 2. The van der Waals surface area contributed by atoms with E-state index in [9.17, 15) is 9.59 Å². The van der Waals surface area contributed by atoms with Crippen LogP contribution in [0.15, 0.2) is 0 Å². The maximum absolute atomic E-state index is 12.7. The van der Waals surface area contributed by atoms with E-state index in [1.54, 1.807) is 0 Å². The number of likely N-dealkylation sites (N-methyl/N-ethyl adjacent to an activating group) is 1. The van der Waals surface area contributed by atoms with Crippen molar-refractivity contribution < 1.29 is 14.3 Å². The molecule has 3 saturated heterocycles. The molecule has 3 amide bonds. The summed E-state index contributed by atoms with van der Waals surface area (Å²) in [6.45, 7) is 5.71. The van der Waals surface area contributed by atoms with Gasteiger partial charge < -0.3 is 24.8 Å². The first-order valence-corrected chi connectivity index (χ1v) is 10.7. The second-order valence-corrected chi connectivity index (χ2v) is 8.91. The Labute approximate surface area is 162 Å². The van der Waals surface area contributed by atoms with Gasteiger partial charge in [-0.05, 0) is 52.0 Å². The van der Waals surface area contributed by atoms with Gasteiger partial charge in [-0.25, -0.2) is 4.79 Å². The largest absolute Gasteiger partial charge is 0.375 e. The first-order chi connectivity index (χ1) is 13.0. The van der Waals surface area contributed by atoms with Gasteiger partial charge in [-0.1, -0.05) is 0 Å². The third-order valence-electron chi connectivity index (χ3n) is 7.03. The number of nitrogens with zero attached hydrogens (tertiary/aromatic N) is 3. The van der Waals surface area contributed by atoms with E-state index in [2.05, 4.69) is 17.3 Å². The monoisotopic (exact) mass is 378 g/mol. The topological polar surface area (TPSA) is 65.1 Å². The van der Waals surface area contributed by atoms with Crippen molar-refractivity contribution in [3.63, 3.8) is 0 Å². The molecule has 152 valence electrons. The van der Waals surface area contributed by atoms with Gasteiger partial charge in [-0.2, -0.15) is 0 Å². The Morgan fingerprint density at radius 1 is 0.963 bits per heavy atom. The van der Waals surface area contributed by atoms with Crippen LogP contribution in [-0.4, -0.2) is 91.2 Å². The number of piperidine rings is 1. The molecular formula is C20H34N4O3. The fourth-order valence-electron chi connectivity index (χ4n) is 4.95. The highest BCUT2D eigenvalue weighted by molar-refractivity contribution is 5.80. The first-order valence-electron chi connectivity index (χ1n) is 10.7. The van der Waals surface area contributed by atoms with Crippen LogP contribution in [0.5, 0.6) is 0 Å². The van der Waals surface area contributed by atoms with Crippen LogP contribution in [-0.2, 0) is 9.53 Å². The van der Waals surface area contributed by atoms with E-state index in [0.717, 1.165) is 71.3 Å². The van der Waals surface area contributed by atoms with Gasteiger partial charge >= 0.3 is 6.03 Å². The van der Waals surface area contributed by atoms with Crippen molar-refractivity contribution in [2.75, 3.05) is 52.9 Å². The van der Waals surface area contributed by atoms with E-state index >= 15 is 0 Å². The summed E-state index contributed by atoms with van der Waals surface area (Å²) in [5.74, 6) is 0.373. The van der Waals surface area contributed by atoms with Crippen LogP contribution >= 0.6 is 0 Å². The second-order valence-electron chi connectivity index (χ2n) is 8.91. The van der Waals surface area contributed by atoms with E-state index in [4.69, 9.17) is 4.74 Å². The number of rotatable bonds is 2. The Morgan fingerprint density at radius 3 is 2.30 bits per heavy atom. The molecule has 3 aliphatic heterocycles. The van der Waals surface area contributed by atoms with Gasteiger partial charge in [0.15, 0.2) is 0 Å². The lowest BCUT2D eigenvalue weighted by atomic mass is 9.74. The first kappa shape index (κ1) is 19.0. The molecule has 0 bridgehead atoms. The molecule has 0 radical (unpaired) electrons. The molecule has 1 atom stereocenters. The summed E-state index contributed by atoms with van der Waals surface area (Å²) < 4.78 is 5.95. The predicted octanol–water partition coefficient (Wildman–Crippen LogP) is 1.28. The van der Waals surface area contributed by atoms with Crippen molar-refractivity contribution in [1.82, 2.24) is 20.0 Å². The summed E-state index contributed by atoms with van der Waals surface area (Å²) >= 11 is 0. The van der Waals surface area contributed by atoms with Crippen LogP contribution in [0.1, 0.15) is 44.9 Å². The average molecular weight is 379 g/mol. The lowest BCUT2D eigenvalue weighted by molar-refractivity contribution is -0.138. The molecule has 0 aromatic rings. The van der Waals surface area contributed by atoms with E-state index in [-0.39, 0.29) is 23.6 Å². The number of ether oxygens (including phenoxy) is 1. The van der Waals surface area contributed by atoms with Crippen LogP contribution < -0.4 is 5.32 Å². The smallest absolute Gasteiger partial charge is 0.317 e. The molecule has 7 nitrogen and oxygen atoms in total. The molecule has 0 aromatic heterocycles. The molecule has 7 heteroatoms. The van der Waals surface area contributed by atoms with Gasteiger partial charge in [0.1, 0.15) is 0 Å². The molecule has 4 fully saturated rings. The number of hydrogen-bond acceptors (Lipinski definition) is 4. The van der Waals surface area contributed by atoms with Gasteiger partial charge in [0, 0.05) is 57.8 Å². The van der Waals surface area contributed by atoms with Crippen molar-refractivity contribution >= 4 is 11.9 Å². The minimum atomic E-state index is 0.0434. The standard InChI is InChI=1S/C20H34N4O3/c1-22-10-12-23(13-11-22)18(25)16-3-8-24(9-4-16)19(26)21-17-5-14-27-20(15-17)6-2-7-20/h16-17H,2-15H2,1H3,(H,21,26). The fourth-order valence-corrected chi connectivity index (χ4v) is 4.95. The van der Waals surface area contributed by atoms with Crippen LogP contribution in [0, 0.1) is 5.92 Å². The molecular weight excluding hydrogens is 344 g/mol. The van der Waals surface area contributed by atoms with E-state index in [1.807, 2.05) is 9.80 Å². The molecule has 1 spiro atoms. The molecule has 0 aromatic carbocycles. The molecule has 4 aliphatic rings. The third-order valence-corrected chi connectivity index (χ3v) is 7.03. The van der Waals surface area contributed by atoms with Crippen LogP contribution in [0.3, 0.4) is 0 Å². The fraction of sp³-hybridized carbons (Fsp3) is 0.900. The lowest BCUT2D eigenvalue weighted by Crippen LogP contribution is -2.55. The number of amides is 3. The minimum absolute atomic E-state index is 0.0434. The average Bonchev–Trinajstić information content (AvgIpc) is 2.67. The number of urea groups is 1. The van der Waals surface area contributed by atoms with E-state index < -0.39 is 0 Å². The summed E-state index contributed by atoms with van der Waals surface area (Å²) in [7, 11) is 2.10. The highest BCUT2D eigenvalue weighted by atomic mass is 16.5. The van der Waals surface area contributed by atoms with Crippen LogP contribution in [0.4, 0.5) is 4.79 Å². The molecule has 1 aliphatic carbocycles. The quantitative estimate of drug-likeness (QED) is 0.786. The maximum atomic E-state index is 12.7. The van der Waals surface area contributed by atoms with Gasteiger partial charge in [0.05, 0.1) is 5.60 Å². The Bertz CT molecular complexity index is 549. The Morgan fingerprint density at radius 2 is 1.67 bits per heavy atom. The van der Waals surface area contributed by atoms with Crippen molar-refractivity contribution in [1.29, 1.82) is 0 Å². The number of hydrogen-bond donors (Lipinski definition) is 1. The predicted molar refractivity (Wildman–Crippen MR) is 102 cm³/mol. The highest BCUT2D eigenvalue weighted by Gasteiger charge is 2.43. The Hall–Kier alpha value is -1.34. The zero-order valence-corrected chi connectivity index (χ0v) is 16.6.